The van der Waals surface area contributed by atoms with Gasteiger partial charge in [-0.15, -0.1) is 0 Å². The van der Waals surface area contributed by atoms with E-state index in [-0.39, 0.29) is 17.6 Å². The van der Waals surface area contributed by atoms with Gasteiger partial charge in [-0.2, -0.15) is 0 Å². The summed E-state index contributed by atoms with van der Waals surface area (Å²) in [6.45, 7) is 3.37. The molecule has 2 heterocycles. The highest BCUT2D eigenvalue weighted by atomic mass is 35.5. The summed E-state index contributed by atoms with van der Waals surface area (Å²) in [4.78, 5) is 16.2. The summed E-state index contributed by atoms with van der Waals surface area (Å²) in [5.74, 6) is 5.69. The molecule has 1 saturated heterocycles. The first-order valence-electron chi connectivity index (χ1n) is 6.13. The van der Waals surface area contributed by atoms with E-state index in [4.69, 9.17) is 22.2 Å². The number of carbonyl (C=O) groups excluding carboxylic acids is 1. The number of amides is 1. The fraction of sp³-hybridized carbons (Fsp3) is 0.500. The van der Waals surface area contributed by atoms with Crippen LogP contribution in [-0.4, -0.2) is 30.1 Å². The third-order valence-corrected chi connectivity index (χ3v) is 3.54. The molecule has 2 atom stereocenters. The van der Waals surface area contributed by atoms with Crippen molar-refractivity contribution in [2.75, 3.05) is 18.6 Å². The molecule has 2 unspecified atom stereocenters. The highest BCUT2D eigenvalue weighted by Gasteiger charge is 2.25. The van der Waals surface area contributed by atoms with Gasteiger partial charge in [0.25, 0.3) is 5.91 Å². The lowest BCUT2D eigenvalue weighted by molar-refractivity contribution is 0.0917. The Labute approximate surface area is 116 Å². The Kier molecular flexibility index (Phi) is 4.57. The Balaban J connectivity index is 2.06. The number of anilines is 1. The van der Waals surface area contributed by atoms with E-state index in [1.807, 2.05) is 6.92 Å². The van der Waals surface area contributed by atoms with Gasteiger partial charge >= 0.3 is 0 Å². The summed E-state index contributed by atoms with van der Waals surface area (Å²) >= 11 is 5.97. The van der Waals surface area contributed by atoms with E-state index in [1.54, 1.807) is 12.1 Å². The normalized spacial score (nSPS) is 20.1. The molecule has 1 amide bonds. The molecule has 0 aromatic carbocycles. The van der Waals surface area contributed by atoms with Gasteiger partial charge in [0.1, 0.15) is 11.5 Å². The van der Waals surface area contributed by atoms with Crippen LogP contribution in [0.5, 0.6) is 0 Å². The first-order valence-corrected chi connectivity index (χ1v) is 6.51. The van der Waals surface area contributed by atoms with Crippen molar-refractivity contribution >= 4 is 23.3 Å². The molecule has 1 aliphatic heterocycles. The minimum absolute atomic E-state index is 0.0161. The Morgan fingerprint density at radius 2 is 2.42 bits per heavy atom. The summed E-state index contributed by atoms with van der Waals surface area (Å²) < 4.78 is 5.31. The zero-order valence-corrected chi connectivity index (χ0v) is 11.4. The van der Waals surface area contributed by atoms with Crippen LogP contribution in [0, 0.1) is 5.92 Å². The number of hydrogen-bond acceptors (Lipinski definition) is 5. The number of carbonyl (C=O) groups is 1. The molecule has 0 saturated carbocycles. The molecule has 1 aromatic heterocycles. The summed E-state index contributed by atoms with van der Waals surface area (Å²) in [5, 5.41) is 3.19. The van der Waals surface area contributed by atoms with Crippen LogP contribution in [-0.2, 0) is 4.74 Å². The van der Waals surface area contributed by atoms with Crippen molar-refractivity contribution in [2.24, 2.45) is 11.8 Å². The third kappa shape index (κ3) is 3.34. The first kappa shape index (κ1) is 14.0. The molecule has 6 nitrogen and oxygen atoms in total. The van der Waals surface area contributed by atoms with E-state index < -0.39 is 0 Å². The van der Waals surface area contributed by atoms with Crippen LogP contribution in [0.4, 0.5) is 5.82 Å². The topological polar surface area (TPSA) is 89.3 Å². The lowest BCUT2D eigenvalue weighted by Crippen LogP contribution is -2.39. The standard InChI is InChI=1S/C12H17ClN4O2/c1-7(8-4-5-19-6-8)15-12(18)11-9(13)2-3-10(16-11)17-14/h2-3,7-8H,4-6,14H2,1H3,(H,15,18)(H,16,17). The van der Waals surface area contributed by atoms with Crippen LogP contribution >= 0.6 is 11.6 Å². The smallest absolute Gasteiger partial charge is 0.271 e. The Morgan fingerprint density at radius 3 is 3.05 bits per heavy atom. The lowest BCUT2D eigenvalue weighted by Gasteiger charge is -2.19. The van der Waals surface area contributed by atoms with Crippen molar-refractivity contribution < 1.29 is 9.53 Å². The van der Waals surface area contributed by atoms with Crippen molar-refractivity contribution in [1.29, 1.82) is 0 Å². The fourth-order valence-electron chi connectivity index (χ4n) is 2.02. The van der Waals surface area contributed by atoms with E-state index >= 15 is 0 Å². The number of ether oxygens (including phenoxy) is 1. The second-order valence-corrected chi connectivity index (χ2v) is 4.96. The number of hydrazine groups is 1. The SMILES string of the molecule is CC(NC(=O)c1nc(NN)ccc1Cl)C1CCOC1. The number of nitrogens with one attached hydrogen (secondary N) is 2. The van der Waals surface area contributed by atoms with Gasteiger partial charge < -0.3 is 15.5 Å². The molecule has 19 heavy (non-hydrogen) atoms. The number of rotatable bonds is 4. The molecule has 0 spiro atoms. The maximum atomic E-state index is 12.1. The van der Waals surface area contributed by atoms with Crippen molar-refractivity contribution in [1.82, 2.24) is 10.3 Å². The number of hydrogen-bond donors (Lipinski definition) is 3. The number of aromatic nitrogens is 1. The van der Waals surface area contributed by atoms with Gasteiger partial charge in [-0.25, -0.2) is 10.8 Å². The molecule has 4 N–H and O–H groups in total. The molecule has 104 valence electrons. The van der Waals surface area contributed by atoms with Crippen molar-refractivity contribution in [3.05, 3.63) is 22.8 Å². The van der Waals surface area contributed by atoms with Crippen LogP contribution in [0.25, 0.3) is 0 Å². The van der Waals surface area contributed by atoms with E-state index in [0.717, 1.165) is 13.0 Å². The molecule has 1 aliphatic rings. The predicted molar refractivity (Wildman–Crippen MR) is 72.9 cm³/mol. The zero-order chi connectivity index (χ0) is 13.8. The Morgan fingerprint density at radius 1 is 1.63 bits per heavy atom. The minimum atomic E-state index is -0.304. The van der Waals surface area contributed by atoms with Gasteiger partial charge in [0.15, 0.2) is 0 Å². The van der Waals surface area contributed by atoms with Gasteiger partial charge in [0, 0.05) is 18.6 Å². The van der Waals surface area contributed by atoms with E-state index in [9.17, 15) is 4.79 Å². The van der Waals surface area contributed by atoms with Crippen LogP contribution in [0.2, 0.25) is 5.02 Å². The predicted octanol–water partition coefficient (Wildman–Crippen LogP) is 1.18. The maximum absolute atomic E-state index is 12.1. The lowest BCUT2D eigenvalue weighted by atomic mass is 10.0. The number of nitrogens with zero attached hydrogens (tertiary/aromatic N) is 1. The molecular formula is C12H17ClN4O2. The molecule has 1 aromatic rings. The average Bonchev–Trinajstić information content (AvgIpc) is 2.93. The molecule has 0 bridgehead atoms. The van der Waals surface area contributed by atoms with Crippen LogP contribution in [0.1, 0.15) is 23.8 Å². The van der Waals surface area contributed by atoms with Gasteiger partial charge in [-0.05, 0) is 25.5 Å². The number of nitrogen functional groups attached to an aromatic ring is 1. The van der Waals surface area contributed by atoms with Crippen LogP contribution in [0.15, 0.2) is 12.1 Å². The van der Waals surface area contributed by atoms with E-state index in [1.165, 1.54) is 0 Å². The number of nitrogens with two attached hydrogens (primary N) is 1. The molecule has 0 radical (unpaired) electrons. The first-order chi connectivity index (χ1) is 9.11. The molecule has 0 aliphatic carbocycles. The highest BCUT2D eigenvalue weighted by molar-refractivity contribution is 6.33. The molecular weight excluding hydrogens is 268 g/mol. The monoisotopic (exact) mass is 284 g/mol. The third-order valence-electron chi connectivity index (χ3n) is 3.24. The summed E-state index contributed by atoms with van der Waals surface area (Å²) in [5.41, 5.74) is 2.56. The van der Waals surface area contributed by atoms with Crippen LogP contribution in [0.3, 0.4) is 0 Å². The molecule has 7 heteroatoms. The summed E-state index contributed by atoms with van der Waals surface area (Å²) in [7, 11) is 0. The molecule has 1 fully saturated rings. The highest BCUT2D eigenvalue weighted by Crippen LogP contribution is 2.19. The second-order valence-electron chi connectivity index (χ2n) is 4.56. The number of halogens is 1. The fourth-order valence-corrected chi connectivity index (χ4v) is 2.21. The van der Waals surface area contributed by atoms with Gasteiger partial charge in [-0.1, -0.05) is 11.6 Å². The van der Waals surface area contributed by atoms with Crippen molar-refractivity contribution in [3.63, 3.8) is 0 Å². The summed E-state index contributed by atoms with van der Waals surface area (Å²) in [6, 6.07) is 3.21. The Hall–Kier alpha value is -1.37. The minimum Gasteiger partial charge on any atom is -0.381 e. The second kappa shape index (κ2) is 6.18. The maximum Gasteiger partial charge on any atom is 0.271 e. The Bertz CT molecular complexity index is 463. The van der Waals surface area contributed by atoms with Crippen LogP contribution < -0.4 is 16.6 Å². The van der Waals surface area contributed by atoms with E-state index in [0.29, 0.717) is 23.4 Å². The zero-order valence-electron chi connectivity index (χ0n) is 10.6. The quantitative estimate of drug-likeness (QED) is 0.571. The van der Waals surface area contributed by atoms with Crippen molar-refractivity contribution in [3.8, 4) is 0 Å². The molecule has 2 rings (SSSR count). The van der Waals surface area contributed by atoms with Gasteiger partial charge in [0.2, 0.25) is 0 Å². The van der Waals surface area contributed by atoms with Gasteiger partial charge in [0.05, 0.1) is 11.6 Å². The summed E-state index contributed by atoms with van der Waals surface area (Å²) in [6.07, 6.45) is 0.951. The van der Waals surface area contributed by atoms with E-state index in [2.05, 4.69) is 15.7 Å². The van der Waals surface area contributed by atoms with Crippen molar-refractivity contribution in [2.45, 2.75) is 19.4 Å². The average molecular weight is 285 g/mol. The van der Waals surface area contributed by atoms with Gasteiger partial charge in [-0.3, -0.25) is 4.79 Å². The largest absolute Gasteiger partial charge is 0.381 e. The number of pyridine rings is 1.